The van der Waals surface area contributed by atoms with Crippen molar-refractivity contribution in [3.05, 3.63) is 29.8 Å². The molecule has 1 amide bonds. The largest absolute Gasteiger partial charge is 0.399 e. The molecule has 0 bridgehead atoms. The highest BCUT2D eigenvalue weighted by atomic mass is 35.5. The molecular weight excluding hydrogens is 273 g/mol. The molecule has 0 saturated heterocycles. The molecule has 1 atom stereocenters. The number of amides is 1. The summed E-state index contributed by atoms with van der Waals surface area (Å²) in [5, 5.41) is 10.6. The van der Waals surface area contributed by atoms with Gasteiger partial charge in [-0.2, -0.15) is 0 Å². The molecule has 0 heterocycles. The monoisotopic (exact) mass is 291 g/mol. The van der Waals surface area contributed by atoms with Gasteiger partial charge in [0.2, 0.25) is 5.91 Å². The Bertz CT molecular complexity index is 393. The second-order valence-electron chi connectivity index (χ2n) is 3.91. The van der Waals surface area contributed by atoms with E-state index in [1.165, 1.54) is 6.92 Å². The van der Waals surface area contributed by atoms with Crippen LogP contribution in [0.4, 0.5) is 5.69 Å². The van der Waals surface area contributed by atoms with E-state index >= 15 is 0 Å². The maximum Gasteiger partial charge on any atom is 0.217 e. The highest BCUT2D eigenvalue weighted by Gasteiger charge is 2.08. The molecule has 0 spiro atoms. The third kappa shape index (κ3) is 6.47. The molecule has 0 aliphatic carbocycles. The van der Waals surface area contributed by atoms with Crippen LogP contribution in [0.1, 0.15) is 25.8 Å². The van der Waals surface area contributed by atoms with Gasteiger partial charge >= 0.3 is 0 Å². The van der Waals surface area contributed by atoms with Gasteiger partial charge in [-0.25, -0.2) is 0 Å². The highest BCUT2D eigenvalue weighted by Crippen LogP contribution is 2.09. The molecule has 1 rings (SSSR count). The maximum absolute atomic E-state index is 10.8. The highest BCUT2D eigenvalue weighted by molar-refractivity contribution is 5.98. The summed E-state index contributed by atoms with van der Waals surface area (Å²) in [5.41, 5.74) is 7.59. The van der Waals surface area contributed by atoms with E-state index in [2.05, 4.69) is 5.32 Å². The van der Waals surface area contributed by atoms with Gasteiger partial charge in [0.05, 0.1) is 0 Å². The zero-order valence-corrected chi connectivity index (χ0v) is 12.0. The SMILES string of the molecule is CC(=O)NC(C)CC(=N)c1ccc(N)cc1.Cl.Cl. The molecule has 1 aromatic carbocycles. The Kier molecular flexibility index (Phi) is 9.31. The van der Waals surface area contributed by atoms with E-state index < -0.39 is 0 Å². The van der Waals surface area contributed by atoms with Gasteiger partial charge in [-0.1, -0.05) is 12.1 Å². The van der Waals surface area contributed by atoms with Crippen molar-refractivity contribution < 1.29 is 4.79 Å². The first-order valence-electron chi connectivity index (χ1n) is 5.19. The Morgan fingerprint density at radius 1 is 1.33 bits per heavy atom. The van der Waals surface area contributed by atoms with Gasteiger partial charge < -0.3 is 16.5 Å². The first-order valence-corrected chi connectivity index (χ1v) is 5.19. The molecule has 4 nitrogen and oxygen atoms in total. The minimum Gasteiger partial charge on any atom is -0.399 e. The number of anilines is 1. The molecular formula is C12H19Cl2N3O. The Labute approximate surface area is 120 Å². The third-order valence-electron chi connectivity index (χ3n) is 2.22. The molecule has 0 radical (unpaired) electrons. The number of carbonyl (C=O) groups excluding carboxylic acids is 1. The molecule has 102 valence electrons. The van der Waals surface area contributed by atoms with Crippen molar-refractivity contribution in [1.29, 1.82) is 5.41 Å². The van der Waals surface area contributed by atoms with E-state index in [1.807, 2.05) is 19.1 Å². The Morgan fingerprint density at radius 3 is 2.28 bits per heavy atom. The molecule has 0 saturated carbocycles. The predicted molar refractivity (Wildman–Crippen MR) is 80.1 cm³/mol. The van der Waals surface area contributed by atoms with Crippen LogP contribution in [0, 0.1) is 5.41 Å². The average Bonchev–Trinajstić information content (AvgIpc) is 2.16. The Hall–Kier alpha value is -1.26. The summed E-state index contributed by atoms with van der Waals surface area (Å²) in [4.78, 5) is 10.8. The third-order valence-corrected chi connectivity index (χ3v) is 2.22. The van der Waals surface area contributed by atoms with Crippen molar-refractivity contribution in [2.24, 2.45) is 0 Å². The second-order valence-corrected chi connectivity index (χ2v) is 3.91. The second kappa shape index (κ2) is 8.78. The zero-order valence-electron chi connectivity index (χ0n) is 10.4. The fourth-order valence-electron chi connectivity index (χ4n) is 1.51. The first-order chi connectivity index (χ1) is 7.49. The van der Waals surface area contributed by atoms with Crippen LogP contribution in [-0.2, 0) is 4.79 Å². The quantitative estimate of drug-likeness (QED) is 0.588. The van der Waals surface area contributed by atoms with Crippen molar-refractivity contribution in [1.82, 2.24) is 5.32 Å². The van der Waals surface area contributed by atoms with Gasteiger partial charge in [-0.15, -0.1) is 24.8 Å². The van der Waals surface area contributed by atoms with Crippen molar-refractivity contribution in [3.63, 3.8) is 0 Å². The Morgan fingerprint density at radius 2 is 1.83 bits per heavy atom. The van der Waals surface area contributed by atoms with Crippen LogP contribution >= 0.6 is 24.8 Å². The Balaban J connectivity index is 0. The summed E-state index contributed by atoms with van der Waals surface area (Å²) in [7, 11) is 0. The molecule has 1 unspecified atom stereocenters. The summed E-state index contributed by atoms with van der Waals surface area (Å²) < 4.78 is 0. The van der Waals surface area contributed by atoms with Gasteiger partial charge in [0.1, 0.15) is 0 Å². The van der Waals surface area contributed by atoms with Crippen LogP contribution in [0.3, 0.4) is 0 Å². The molecule has 0 aliphatic heterocycles. The van der Waals surface area contributed by atoms with Crippen molar-refractivity contribution in [3.8, 4) is 0 Å². The molecule has 0 aromatic heterocycles. The summed E-state index contributed by atoms with van der Waals surface area (Å²) >= 11 is 0. The normalized spacial score (nSPS) is 10.6. The number of benzene rings is 1. The fraction of sp³-hybridized carbons (Fsp3) is 0.333. The number of hydrogen-bond acceptors (Lipinski definition) is 3. The number of rotatable bonds is 4. The number of carbonyl (C=O) groups is 1. The van der Waals surface area contributed by atoms with E-state index in [1.54, 1.807) is 12.1 Å². The van der Waals surface area contributed by atoms with Crippen LogP contribution in [0.15, 0.2) is 24.3 Å². The van der Waals surface area contributed by atoms with Gasteiger partial charge in [0.25, 0.3) is 0 Å². The maximum atomic E-state index is 10.8. The molecule has 0 fully saturated rings. The van der Waals surface area contributed by atoms with Gasteiger partial charge in [-0.05, 0) is 24.6 Å². The lowest BCUT2D eigenvalue weighted by atomic mass is 10.0. The summed E-state index contributed by atoms with van der Waals surface area (Å²) in [6, 6.07) is 7.15. The predicted octanol–water partition coefficient (Wildman–Crippen LogP) is 2.39. The number of nitrogens with two attached hydrogens (primary N) is 1. The van der Waals surface area contributed by atoms with E-state index in [4.69, 9.17) is 11.1 Å². The topological polar surface area (TPSA) is 79.0 Å². The van der Waals surface area contributed by atoms with Crippen molar-refractivity contribution in [2.75, 3.05) is 5.73 Å². The van der Waals surface area contributed by atoms with E-state index in [0.29, 0.717) is 17.8 Å². The number of nitrogen functional groups attached to an aromatic ring is 1. The number of halogens is 2. The lowest BCUT2D eigenvalue weighted by Crippen LogP contribution is -2.32. The minimum atomic E-state index is -0.0717. The average molecular weight is 292 g/mol. The van der Waals surface area contributed by atoms with E-state index in [0.717, 1.165) is 5.56 Å². The minimum absolute atomic E-state index is 0. The standard InChI is InChI=1S/C12H17N3O.2ClH/c1-8(15-9(2)16)7-12(14)10-3-5-11(13)6-4-10;;/h3-6,8,14H,7,13H2,1-2H3,(H,15,16);2*1H. The number of nitrogens with one attached hydrogen (secondary N) is 2. The number of hydrogen-bond donors (Lipinski definition) is 3. The van der Waals surface area contributed by atoms with Gasteiger partial charge in [0.15, 0.2) is 0 Å². The molecule has 6 heteroatoms. The van der Waals surface area contributed by atoms with Gasteiger partial charge in [0, 0.05) is 30.8 Å². The smallest absolute Gasteiger partial charge is 0.217 e. The van der Waals surface area contributed by atoms with Crippen molar-refractivity contribution in [2.45, 2.75) is 26.3 Å². The van der Waals surface area contributed by atoms with Crippen LogP contribution in [0.5, 0.6) is 0 Å². The first kappa shape index (κ1) is 19.1. The van der Waals surface area contributed by atoms with Crippen LogP contribution in [0.25, 0.3) is 0 Å². The summed E-state index contributed by atoms with van der Waals surface area (Å²) in [6.07, 6.45) is 0.517. The summed E-state index contributed by atoms with van der Waals surface area (Å²) in [6.45, 7) is 3.36. The van der Waals surface area contributed by atoms with Crippen molar-refractivity contribution >= 4 is 42.1 Å². The summed E-state index contributed by atoms with van der Waals surface area (Å²) in [5.74, 6) is -0.0717. The molecule has 1 aromatic rings. The lowest BCUT2D eigenvalue weighted by Gasteiger charge is -2.13. The van der Waals surface area contributed by atoms with Crippen LogP contribution in [-0.4, -0.2) is 17.7 Å². The van der Waals surface area contributed by atoms with Crippen LogP contribution < -0.4 is 11.1 Å². The molecule has 18 heavy (non-hydrogen) atoms. The molecule has 0 aliphatic rings. The van der Waals surface area contributed by atoms with Gasteiger partial charge in [-0.3, -0.25) is 4.79 Å². The van der Waals surface area contributed by atoms with E-state index in [-0.39, 0.29) is 36.8 Å². The molecule has 4 N–H and O–H groups in total. The lowest BCUT2D eigenvalue weighted by molar-refractivity contribution is -0.119. The fourth-order valence-corrected chi connectivity index (χ4v) is 1.51. The van der Waals surface area contributed by atoms with E-state index in [9.17, 15) is 4.79 Å². The van der Waals surface area contributed by atoms with Crippen LogP contribution in [0.2, 0.25) is 0 Å². The zero-order chi connectivity index (χ0) is 12.1.